The second kappa shape index (κ2) is 8.62. The molecule has 138 valence electrons. The minimum Gasteiger partial charge on any atom is -0.497 e. The molecule has 0 atom stereocenters. The molecule has 0 saturated carbocycles. The first-order chi connectivity index (χ1) is 12.5. The smallest absolute Gasteiger partial charge is 0.322 e. The molecule has 0 unspecified atom stereocenters. The van der Waals surface area contributed by atoms with E-state index in [0.29, 0.717) is 28.8 Å². The molecule has 5 nitrogen and oxygen atoms in total. The van der Waals surface area contributed by atoms with E-state index in [9.17, 15) is 4.79 Å². The van der Waals surface area contributed by atoms with Gasteiger partial charge in [-0.25, -0.2) is 4.79 Å². The number of piperazine rings is 1. The number of halogens is 2. The number of anilines is 1. The van der Waals surface area contributed by atoms with Crippen molar-refractivity contribution < 1.29 is 14.4 Å². The van der Waals surface area contributed by atoms with Gasteiger partial charge in [0.1, 0.15) is 12.3 Å². The van der Waals surface area contributed by atoms with Crippen LogP contribution in [0.25, 0.3) is 0 Å². The van der Waals surface area contributed by atoms with Gasteiger partial charge in [-0.05, 0) is 30.3 Å². The van der Waals surface area contributed by atoms with Gasteiger partial charge in [-0.3, -0.25) is 0 Å². The summed E-state index contributed by atoms with van der Waals surface area (Å²) in [6, 6.07) is 13.1. The Morgan fingerprint density at radius 3 is 2.62 bits per heavy atom. The molecule has 1 aliphatic heterocycles. The molecule has 1 saturated heterocycles. The van der Waals surface area contributed by atoms with E-state index < -0.39 is 0 Å². The van der Waals surface area contributed by atoms with Crippen LogP contribution in [0.2, 0.25) is 10.0 Å². The van der Waals surface area contributed by atoms with Crippen molar-refractivity contribution in [3.63, 3.8) is 0 Å². The van der Waals surface area contributed by atoms with Crippen LogP contribution in [0.5, 0.6) is 5.75 Å². The molecule has 7 heteroatoms. The maximum Gasteiger partial charge on any atom is 0.322 e. The van der Waals surface area contributed by atoms with Crippen molar-refractivity contribution in [1.29, 1.82) is 0 Å². The standard InChI is InChI=1S/C19H21Cl2N3O2/c1-26-16-4-2-3-14(11-16)13-23-7-9-24(10-8-23)19(25)22-15-5-6-17(20)18(21)12-15/h2-6,11-12H,7-10,13H2,1H3,(H,22,25)/p+1. The summed E-state index contributed by atoms with van der Waals surface area (Å²) in [7, 11) is 1.68. The monoisotopic (exact) mass is 394 g/mol. The van der Waals surface area contributed by atoms with Crippen LogP contribution in [0.4, 0.5) is 10.5 Å². The fourth-order valence-corrected chi connectivity index (χ4v) is 3.35. The van der Waals surface area contributed by atoms with E-state index in [-0.39, 0.29) is 6.03 Å². The summed E-state index contributed by atoms with van der Waals surface area (Å²) in [5, 5.41) is 3.78. The normalized spacial score (nSPS) is 15.0. The van der Waals surface area contributed by atoms with Crippen molar-refractivity contribution in [3.05, 3.63) is 58.1 Å². The number of rotatable bonds is 4. The van der Waals surface area contributed by atoms with Gasteiger partial charge in [0.05, 0.1) is 43.3 Å². The molecule has 1 aliphatic rings. The molecular formula is C19H22Cl2N3O2+. The fourth-order valence-electron chi connectivity index (χ4n) is 3.05. The maximum atomic E-state index is 12.4. The number of carbonyl (C=O) groups excluding carboxylic acids is 1. The van der Waals surface area contributed by atoms with Gasteiger partial charge in [0.2, 0.25) is 0 Å². The van der Waals surface area contributed by atoms with E-state index in [4.69, 9.17) is 27.9 Å². The zero-order chi connectivity index (χ0) is 18.5. The number of amides is 2. The van der Waals surface area contributed by atoms with Crippen molar-refractivity contribution in [1.82, 2.24) is 4.90 Å². The Labute approximate surface area is 163 Å². The van der Waals surface area contributed by atoms with Crippen LogP contribution in [0.1, 0.15) is 5.56 Å². The van der Waals surface area contributed by atoms with Gasteiger partial charge >= 0.3 is 6.03 Å². The van der Waals surface area contributed by atoms with Crippen LogP contribution < -0.4 is 15.0 Å². The Bertz CT molecular complexity index is 777. The van der Waals surface area contributed by atoms with Crippen LogP contribution in [0.3, 0.4) is 0 Å². The summed E-state index contributed by atoms with van der Waals surface area (Å²) < 4.78 is 5.28. The molecule has 0 spiro atoms. The van der Waals surface area contributed by atoms with Crippen molar-refractivity contribution in [3.8, 4) is 5.75 Å². The van der Waals surface area contributed by atoms with Crippen molar-refractivity contribution >= 4 is 34.9 Å². The summed E-state index contributed by atoms with van der Waals surface area (Å²) in [4.78, 5) is 15.7. The van der Waals surface area contributed by atoms with E-state index in [1.807, 2.05) is 17.0 Å². The zero-order valence-electron chi connectivity index (χ0n) is 14.6. The first-order valence-electron chi connectivity index (χ1n) is 8.52. The molecule has 0 aromatic heterocycles. The van der Waals surface area contributed by atoms with Crippen LogP contribution in [0.15, 0.2) is 42.5 Å². The van der Waals surface area contributed by atoms with E-state index in [2.05, 4.69) is 17.4 Å². The van der Waals surface area contributed by atoms with Crippen molar-refractivity contribution in [2.24, 2.45) is 0 Å². The Balaban J connectivity index is 1.51. The second-order valence-electron chi connectivity index (χ2n) is 6.32. The molecule has 2 aromatic rings. The van der Waals surface area contributed by atoms with Gasteiger partial charge in [-0.2, -0.15) is 0 Å². The van der Waals surface area contributed by atoms with E-state index in [0.717, 1.165) is 25.4 Å². The molecule has 0 aliphatic carbocycles. The van der Waals surface area contributed by atoms with Crippen molar-refractivity contribution in [2.75, 3.05) is 38.6 Å². The summed E-state index contributed by atoms with van der Waals surface area (Å²) >= 11 is 11.9. The van der Waals surface area contributed by atoms with Gasteiger partial charge < -0.3 is 19.9 Å². The lowest BCUT2D eigenvalue weighted by Gasteiger charge is -2.32. The minimum atomic E-state index is -0.108. The third-order valence-electron chi connectivity index (χ3n) is 4.52. The van der Waals surface area contributed by atoms with Gasteiger partial charge in [0.25, 0.3) is 0 Å². The Morgan fingerprint density at radius 1 is 1.15 bits per heavy atom. The average Bonchev–Trinajstić information content (AvgIpc) is 2.65. The molecule has 0 radical (unpaired) electrons. The molecule has 1 heterocycles. The second-order valence-corrected chi connectivity index (χ2v) is 7.14. The number of carbonyl (C=O) groups is 1. The van der Waals surface area contributed by atoms with Crippen molar-refractivity contribution in [2.45, 2.75) is 6.54 Å². The number of benzene rings is 2. The SMILES string of the molecule is COc1cccc(C[NH+]2CCN(C(=O)Nc3ccc(Cl)c(Cl)c3)CC2)c1. The van der Waals surface area contributed by atoms with Gasteiger partial charge in [0.15, 0.2) is 0 Å². The molecule has 26 heavy (non-hydrogen) atoms. The number of ether oxygens (including phenoxy) is 1. The number of urea groups is 1. The first-order valence-corrected chi connectivity index (χ1v) is 9.28. The number of hydrogen-bond acceptors (Lipinski definition) is 2. The maximum absolute atomic E-state index is 12.4. The van der Waals surface area contributed by atoms with E-state index in [1.165, 1.54) is 10.5 Å². The highest BCUT2D eigenvalue weighted by atomic mass is 35.5. The predicted molar refractivity (Wildman–Crippen MR) is 104 cm³/mol. The topological polar surface area (TPSA) is 46.0 Å². The number of nitrogens with one attached hydrogen (secondary N) is 2. The minimum absolute atomic E-state index is 0.108. The number of quaternary nitrogens is 1. The molecule has 2 aromatic carbocycles. The zero-order valence-corrected chi connectivity index (χ0v) is 16.1. The Hall–Kier alpha value is -1.95. The quantitative estimate of drug-likeness (QED) is 0.837. The Morgan fingerprint density at radius 2 is 1.92 bits per heavy atom. The van der Waals surface area contributed by atoms with Gasteiger partial charge in [0, 0.05) is 11.3 Å². The van der Waals surface area contributed by atoms with E-state index in [1.54, 1.807) is 25.3 Å². The average molecular weight is 395 g/mol. The highest BCUT2D eigenvalue weighted by molar-refractivity contribution is 6.42. The summed E-state index contributed by atoms with van der Waals surface area (Å²) in [6.45, 7) is 4.18. The lowest BCUT2D eigenvalue weighted by atomic mass is 10.2. The third kappa shape index (κ3) is 4.81. The Kier molecular flexibility index (Phi) is 6.25. The highest BCUT2D eigenvalue weighted by Gasteiger charge is 2.24. The van der Waals surface area contributed by atoms with Crippen LogP contribution in [-0.4, -0.2) is 44.2 Å². The molecule has 0 bridgehead atoms. The molecule has 3 rings (SSSR count). The summed E-state index contributed by atoms with van der Waals surface area (Å²) in [5.41, 5.74) is 1.89. The van der Waals surface area contributed by atoms with E-state index >= 15 is 0 Å². The van der Waals surface area contributed by atoms with Gasteiger partial charge in [-0.15, -0.1) is 0 Å². The largest absolute Gasteiger partial charge is 0.497 e. The first kappa shape index (κ1) is 18.8. The fraction of sp³-hybridized carbons (Fsp3) is 0.316. The summed E-state index contributed by atoms with van der Waals surface area (Å²) in [5.74, 6) is 0.876. The van der Waals surface area contributed by atoms with Gasteiger partial charge in [-0.1, -0.05) is 35.3 Å². The lowest BCUT2D eigenvalue weighted by molar-refractivity contribution is -0.917. The predicted octanol–water partition coefficient (Wildman–Crippen LogP) is 2.93. The molecule has 1 fully saturated rings. The molecule has 2 amide bonds. The van der Waals surface area contributed by atoms with Crippen LogP contribution in [0, 0.1) is 0 Å². The highest BCUT2D eigenvalue weighted by Crippen LogP contribution is 2.25. The summed E-state index contributed by atoms with van der Waals surface area (Å²) in [6.07, 6.45) is 0. The number of hydrogen-bond donors (Lipinski definition) is 2. The molecular weight excluding hydrogens is 373 g/mol. The lowest BCUT2D eigenvalue weighted by Crippen LogP contribution is -3.13. The number of methoxy groups -OCH3 is 1. The van der Waals surface area contributed by atoms with Crippen LogP contribution >= 0.6 is 23.2 Å². The number of nitrogens with zero attached hydrogens (tertiary/aromatic N) is 1. The third-order valence-corrected chi connectivity index (χ3v) is 5.26. The molecule has 2 N–H and O–H groups in total. The van der Waals surface area contributed by atoms with Crippen LogP contribution in [-0.2, 0) is 6.54 Å².